The molecule has 6 heteroatoms. The minimum atomic E-state index is -1.71. The van der Waals surface area contributed by atoms with Gasteiger partial charge in [0.2, 0.25) is 0 Å². The van der Waals surface area contributed by atoms with Crippen molar-refractivity contribution in [3.8, 4) is 0 Å². The number of carbonyl (C=O) groups excluding carboxylic acids is 1. The Balaban J connectivity index is 1.81. The van der Waals surface area contributed by atoms with E-state index in [0.717, 1.165) is 16.5 Å². The van der Waals surface area contributed by atoms with Gasteiger partial charge in [-0.3, -0.25) is 0 Å². The molecular formula is C18H28BrNO3Si. The maximum Gasteiger partial charge on any atom is 0.410 e. The van der Waals surface area contributed by atoms with Gasteiger partial charge in [-0.1, -0.05) is 48.8 Å². The van der Waals surface area contributed by atoms with Gasteiger partial charge in [-0.2, -0.15) is 0 Å². The first-order valence-electron chi connectivity index (χ1n) is 8.45. The number of rotatable bonds is 6. The third-order valence-corrected chi connectivity index (χ3v) is 9.98. The van der Waals surface area contributed by atoms with Crippen LogP contribution in [0, 0.1) is 0 Å². The normalized spacial score (nSPS) is 18.8. The lowest BCUT2D eigenvalue weighted by molar-refractivity contribution is 0.132. The predicted octanol–water partition coefficient (Wildman–Crippen LogP) is 5.35. The van der Waals surface area contributed by atoms with Gasteiger partial charge in [-0.25, -0.2) is 4.79 Å². The Morgan fingerprint density at radius 1 is 1.38 bits per heavy atom. The molecule has 1 amide bonds. The number of halogens is 1. The lowest BCUT2D eigenvalue weighted by atomic mass is 10.1. The standard InChI is InChI=1S/C18H28BrNO3Si/c1-18(2,3)24(4,5)22-11-7-10-20-13-16(23-17(20)21)14-8-6-9-15(19)12-14/h6,8-9,12,16H,7,10-11,13H2,1-5H3. The quantitative estimate of drug-likeness (QED) is 0.465. The van der Waals surface area contributed by atoms with Crippen molar-refractivity contribution in [1.82, 2.24) is 4.90 Å². The smallest absolute Gasteiger partial charge is 0.410 e. The highest BCUT2D eigenvalue weighted by Gasteiger charge is 2.37. The van der Waals surface area contributed by atoms with Gasteiger partial charge in [-0.15, -0.1) is 0 Å². The van der Waals surface area contributed by atoms with Crippen LogP contribution in [0.15, 0.2) is 28.7 Å². The predicted molar refractivity (Wildman–Crippen MR) is 103 cm³/mol. The van der Waals surface area contributed by atoms with Crippen LogP contribution in [0.25, 0.3) is 0 Å². The average Bonchev–Trinajstić information content (AvgIpc) is 2.84. The molecule has 1 aliphatic heterocycles. The Morgan fingerprint density at radius 3 is 2.71 bits per heavy atom. The van der Waals surface area contributed by atoms with E-state index in [0.29, 0.717) is 19.7 Å². The van der Waals surface area contributed by atoms with Gasteiger partial charge in [0.15, 0.2) is 8.32 Å². The molecule has 1 aromatic rings. The molecule has 1 unspecified atom stereocenters. The number of hydrogen-bond acceptors (Lipinski definition) is 3. The van der Waals surface area contributed by atoms with Crippen molar-refractivity contribution in [2.24, 2.45) is 0 Å². The first kappa shape index (κ1) is 19.5. The molecule has 1 aromatic carbocycles. The molecule has 1 atom stereocenters. The highest BCUT2D eigenvalue weighted by Crippen LogP contribution is 2.36. The van der Waals surface area contributed by atoms with E-state index in [4.69, 9.17) is 9.16 Å². The lowest BCUT2D eigenvalue weighted by Gasteiger charge is -2.36. The summed E-state index contributed by atoms with van der Waals surface area (Å²) in [4.78, 5) is 13.8. The van der Waals surface area contributed by atoms with Crippen molar-refractivity contribution in [2.75, 3.05) is 19.7 Å². The van der Waals surface area contributed by atoms with Crippen LogP contribution < -0.4 is 0 Å². The van der Waals surface area contributed by atoms with E-state index in [9.17, 15) is 4.79 Å². The average molecular weight is 414 g/mol. The summed E-state index contributed by atoms with van der Waals surface area (Å²) in [6.07, 6.45) is 0.427. The molecule has 1 saturated heterocycles. The number of nitrogens with zero attached hydrogens (tertiary/aromatic N) is 1. The summed E-state index contributed by atoms with van der Waals surface area (Å²) in [6, 6.07) is 7.92. The number of cyclic esters (lactones) is 1. The Bertz CT molecular complexity index is 586. The minimum absolute atomic E-state index is 0.184. The Labute approximate surface area is 154 Å². The molecule has 1 fully saturated rings. The van der Waals surface area contributed by atoms with Gasteiger partial charge in [-0.05, 0) is 42.2 Å². The van der Waals surface area contributed by atoms with E-state index < -0.39 is 8.32 Å². The zero-order valence-electron chi connectivity index (χ0n) is 15.3. The molecule has 2 rings (SSSR count). The van der Waals surface area contributed by atoms with Crippen LogP contribution in [-0.2, 0) is 9.16 Å². The van der Waals surface area contributed by atoms with Crippen LogP contribution in [0.3, 0.4) is 0 Å². The zero-order valence-corrected chi connectivity index (χ0v) is 17.9. The maximum absolute atomic E-state index is 12.1. The van der Waals surface area contributed by atoms with Crippen LogP contribution >= 0.6 is 15.9 Å². The van der Waals surface area contributed by atoms with Crippen LogP contribution in [0.1, 0.15) is 38.9 Å². The summed E-state index contributed by atoms with van der Waals surface area (Å²) in [7, 11) is -1.71. The summed E-state index contributed by atoms with van der Waals surface area (Å²) in [5.41, 5.74) is 1.03. The second kappa shape index (κ2) is 7.58. The summed E-state index contributed by atoms with van der Waals surface area (Å²) < 4.78 is 12.7. The van der Waals surface area contributed by atoms with Crippen molar-refractivity contribution in [1.29, 1.82) is 0 Å². The number of benzene rings is 1. The number of amides is 1. The summed E-state index contributed by atoms with van der Waals surface area (Å²) >= 11 is 3.46. The van der Waals surface area contributed by atoms with E-state index in [1.807, 2.05) is 24.3 Å². The first-order valence-corrected chi connectivity index (χ1v) is 12.2. The van der Waals surface area contributed by atoms with Gasteiger partial charge in [0.1, 0.15) is 6.10 Å². The SMILES string of the molecule is CC(C)(C)[Si](C)(C)OCCCN1CC(c2cccc(Br)c2)OC1=O. The molecule has 0 saturated carbocycles. The molecule has 1 heterocycles. The van der Waals surface area contributed by atoms with Crippen LogP contribution in [0.2, 0.25) is 18.1 Å². The second-order valence-corrected chi connectivity index (χ2v) is 13.6. The first-order chi connectivity index (χ1) is 11.1. The molecule has 0 radical (unpaired) electrons. The molecule has 0 N–H and O–H groups in total. The fourth-order valence-corrected chi connectivity index (χ4v) is 3.87. The van der Waals surface area contributed by atoms with Gasteiger partial charge < -0.3 is 14.1 Å². The zero-order chi connectivity index (χ0) is 18.0. The van der Waals surface area contributed by atoms with Crippen LogP contribution in [-0.4, -0.2) is 39.0 Å². The Morgan fingerprint density at radius 2 is 2.08 bits per heavy atom. The fourth-order valence-electron chi connectivity index (χ4n) is 2.37. The van der Waals surface area contributed by atoms with E-state index in [1.165, 1.54) is 0 Å². The van der Waals surface area contributed by atoms with E-state index in [1.54, 1.807) is 4.90 Å². The van der Waals surface area contributed by atoms with Gasteiger partial charge in [0, 0.05) is 17.6 Å². The van der Waals surface area contributed by atoms with Crippen molar-refractivity contribution in [2.45, 2.75) is 51.4 Å². The monoisotopic (exact) mass is 413 g/mol. The number of hydrogen-bond donors (Lipinski definition) is 0. The molecule has 0 bridgehead atoms. The molecule has 0 aliphatic carbocycles. The fraction of sp³-hybridized carbons (Fsp3) is 0.611. The van der Waals surface area contributed by atoms with Crippen LogP contribution in [0.4, 0.5) is 4.79 Å². The van der Waals surface area contributed by atoms with Gasteiger partial charge in [0.25, 0.3) is 0 Å². The molecule has 24 heavy (non-hydrogen) atoms. The molecule has 1 aliphatic rings. The van der Waals surface area contributed by atoms with Crippen molar-refractivity contribution >= 4 is 30.3 Å². The number of ether oxygens (including phenoxy) is 1. The molecule has 4 nitrogen and oxygen atoms in total. The van der Waals surface area contributed by atoms with Crippen molar-refractivity contribution < 1.29 is 14.0 Å². The largest absolute Gasteiger partial charge is 0.439 e. The topological polar surface area (TPSA) is 38.8 Å². The van der Waals surface area contributed by atoms with E-state index in [-0.39, 0.29) is 17.2 Å². The highest BCUT2D eigenvalue weighted by molar-refractivity contribution is 9.10. The Hall–Kier alpha value is -0.853. The molecule has 0 aromatic heterocycles. The molecule has 0 spiro atoms. The number of carbonyl (C=O) groups is 1. The van der Waals surface area contributed by atoms with Gasteiger partial charge in [0.05, 0.1) is 6.54 Å². The van der Waals surface area contributed by atoms with E-state index >= 15 is 0 Å². The second-order valence-electron chi connectivity index (χ2n) is 7.84. The highest BCUT2D eigenvalue weighted by atomic mass is 79.9. The Kier molecular flexibility index (Phi) is 6.15. The van der Waals surface area contributed by atoms with Crippen molar-refractivity contribution in [3.63, 3.8) is 0 Å². The van der Waals surface area contributed by atoms with Crippen LogP contribution in [0.5, 0.6) is 0 Å². The summed E-state index contributed by atoms with van der Waals surface area (Å²) in [5.74, 6) is 0. The maximum atomic E-state index is 12.1. The molecular weight excluding hydrogens is 386 g/mol. The minimum Gasteiger partial charge on any atom is -0.439 e. The molecule has 134 valence electrons. The lowest BCUT2D eigenvalue weighted by Crippen LogP contribution is -2.41. The third-order valence-electron chi connectivity index (χ3n) is 4.95. The van der Waals surface area contributed by atoms with Crippen molar-refractivity contribution in [3.05, 3.63) is 34.3 Å². The summed E-state index contributed by atoms with van der Waals surface area (Å²) in [6.45, 7) is 13.2. The summed E-state index contributed by atoms with van der Waals surface area (Å²) in [5, 5.41) is 0.214. The van der Waals surface area contributed by atoms with E-state index in [2.05, 4.69) is 49.8 Å². The van der Waals surface area contributed by atoms with Gasteiger partial charge >= 0.3 is 6.09 Å². The third kappa shape index (κ3) is 4.83.